The summed E-state index contributed by atoms with van der Waals surface area (Å²) in [5.41, 5.74) is 4.34. The Labute approximate surface area is 171 Å². The first-order chi connectivity index (χ1) is 14.4. The highest BCUT2D eigenvalue weighted by Crippen LogP contribution is 2.33. The number of aromatic nitrogens is 3. The van der Waals surface area contributed by atoms with Crippen LogP contribution in [-0.4, -0.2) is 28.2 Å². The standard InChI is InChI=1S/C24H26N4O/c1-2-5-17(6-3-1)18-8-10-20(11-9-18)26-24-21-7-4-14-25-23(21)27-22(28-24)19-12-15-29-16-13-19/h4,7-12,14,17H,1-3,5-6,13,15-16H2,(H,25,26,27,28). The molecule has 0 amide bonds. The first kappa shape index (κ1) is 18.3. The minimum absolute atomic E-state index is 0.615. The van der Waals surface area contributed by atoms with E-state index in [0.717, 1.165) is 34.7 Å². The van der Waals surface area contributed by atoms with Gasteiger partial charge in [0.05, 0.1) is 18.6 Å². The van der Waals surface area contributed by atoms with Crippen LogP contribution in [0.3, 0.4) is 0 Å². The van der Waals surface area contributed by atoms with Crippen LogP contribution in [-0.2, 0) is 4.74 Å². The molecule has 2 aromatic heterocycles. The summed E-state index contributed by atoms with van der Waals surface area (Å²) in [5, 5.41) is 4.44. The van der Waals surface area contributed by atoms with E-state index in [1.54, 1.807) is 6.20 Å². The molecule has 0 radical (unpaired) electrons. The first-order valence-corrected chi connectivity index (χ1v) is 10.6. The molecule has 2 aliphatic rings. The zero-order valence-corrected chi connectivity index (χ0v) is 16.6. The number of fused-ring (bicyclic) bond motifs is 1. The Morgan fingerprint density at radius 3 is 2.62 bits per heavy atom. The minimum Gasteiger partial charge on any atom is -0.377 e. The summed E-state index contributed by atoms with van der Waals surface area (Å²) >= 11 is 0. The average molecular weight is 386 g/mol. The minimum atomic E-state index is 0.615. The first-order valence-electron chi connectivity index (χ1n) is 10.6. The molecule has 1 aromatic carbocycles. The lowest BCUT2D eigenvalue weighted by Gasteiger charge is -2.22. The van der Waals surface area contributed by atoms with E-state index in [2.05, 4.69) is 40.6 Å². The molecule has 0 saturated heterocycles. The van der Waals surface area contributed by atoms with Crippen molar-refractivity contribution in [1.82, 2.24) is 15.0 Å². The summed E-state index contributed by atoms with van der Waals surface area (Å²) in [5.74, 6) is 2.26. The van der Waals surface area contributed by atoms with Crippen molar-refractivity contribution in [1.29, 1.82) is 0 Å². The summed E-state index contributed by atoms with van der Waals surface area (Å²) in [6, 6.07) is 12.8. The van der Waals surface area contributed by atoms with Crippen LogP contribution in [0.5, 0.6) is 0 Å². The topological polar surface area (TPSA) is 59.9 Å². The van der Waals surface area contributed by atoms with Gasteiger partial charge in [0.15, 0.2) is 11.5 Å². The van der Waals surface area contributed by atoms with Crippen LogP contribution in [0.2, 0.25) is 0 Å². The molecule has 1 fully saturated rings. The fourth-order valence-corrected chi connectivity index (χ4v) is 4.34. The molecular formula is C24H26N4O. The quantitative estimate of drug-likeness (QED) is 0.630. The largest absolute Gasteiger partial charge is 0.377 e. The fraction of sp³-hybridized carbons (Fsp3) is 0.375. The van der Waals surface area contributed by atoms with Gasteiger partial charge in [-0.15, -0.1) is 0 Å². The molecule has 0 atom stereocenters. The summed E-state index contributed by atoms with van der Waals surface area (Å²) in [7, 11) is 0. The molecule has 3 aromatic rings. The Bertz CT molecular complexity index is 1020. The second-order valence-corrected chi connectivity index (χ2v) is 7.91. The van der Waals surface area contributed by atoms with Gasteiger partial charge in [-0.3, -0.25) is 0 Å². The van der Waals surface area contributed by atoms with Crippen LogP contribution in [0.25, 0.3) is 16.6 Å². The third-order valence-corrected chi connectivity index (χ3v) is 5.97. The van der Waals surface area contributed by atoms with Crippen LogP contribution in [0.4, 0.5) is 11.5 Å². The predicted octanol–water partition coefficient (Wildman–Crippen LogP) is 5.62. The normalized spacial score (nSPS) is 17.9. The second-order valence-electron chi connectivity index (χ2n) is 7.91. The lowest BCUT2D eigenvalue weighted by atomic mass is 9.84. The third-order valence-electron chi connectivity index (χ3n) is 5.97. The van der Waals surface area contributed by atoms with Crippen LogP contribution >= 0.6 is 0 Å². The van der Waals surface area contributed by atoms with E-state index in [-0.39, 0.29) is 0 Å². The molecule has 5 nitrogen and oxygen atoms in total. The second kappa shape index (κ2) is 8.29. The van der Waals surface area contributed by atoms with Crippen molar-refractivity contribution < 1.29 is 4.74 Å². The summed E-state index contributed by atoms with van der Waals surface area (Å²) in [6.07, 6.45) is 11.4. The van der Waals surface area contributed by atoms with Crippen molar-refractivity contribution in [2.75, 3.05) is 18.5 Å². The summed E-state index contributed by atoms with van der Waals surface area (Å²) in [4.78, 5) is 14.0. The molecule has 1 aliphatic carbocycles. The Morgan fingerprint density at radius 2 is 1.83 bits per heavy atom. The molecule has 1 aliphatic heterocycles. The van der Waals surface area contributed by atoms with Crippen LogP contribution in [0, 0.1) is 0 Å². The van der Waals surface area contributed by atoms with Gasteiger partial charge >= 0.3 is 0 Å². The molecule has 0 bridgehead atoms. The van der Waals surface area contributed by atoms with Crippen molar-refractivity contribution in [3.63, 3.8) is 0 Å². The highest BCUT2D eigenvalue weighted by atomic mass is 16.5. The van der Waals surface area contributed by atoms with Gasteiger partial charge in [-0.25, -0.2) is 15.0 Å². The number of anilines is 2. The molecule has 148 valence electrons. The SMILES string of the molecule is C1=C(c2nc(Nc3ccc(C4CCCCC4)cc3)c3cccnc3n2)CCOC1. The molecule has 0 unspecified atom stereocenters. The molecule has 29 heavy (non-hydrogen) atoms. The average Bonchev–Trinajstić information content (AvgIpc) is 2.81. The summed E-state index contributed by atoms with van der Waals surface area (Å²) < 4.78 is 5.43. The zero-order chi connectivity index (χ0) is 19.5. The maximum absolute atomic E-state index is 5.43. The summed E-state index contributed by atoms with van der Waals surface area (Å²) in [6.45, 7) is 1.32. The molecular weight excluding hydrogens is 360 g/mol. The maximum atomic E-state index is 5.43. The van der Waals surface area contributed by atoms with Crippen molar-refractivity contribution in [2.24, 2.45) is 0 Å². The Morgan fingerprint density at radius 1 is 0.966 bits per heavy atom. The molecule has 5 heteroatoms. The number of benzene rings is 1. The predicted molar refractivity (Wildman–Crippen MR) is 116 cm³/mol. The lowest BCUT2D eigenvalue weighted by molar-refractivity contribution is 0.161. The number of nitrogens with zero attached hydrogens (tertiary/aromatic N) is 3. The Kier molecular flexibility index (Phi) is 5.22. The van der Waals surface area contributed by atoms with Crippen LogP contribution < -0.4 is 5.32 Å². The van der Waals surface area contributed by atoms with Gasteiger partial charge in [0.2, 0.25) is 0 Å². The lowest BCUT2D eigenvalue weighted by Crippen LogP contribution is -2.08. The van der Waals surface area contributed by atoms with Gasteiger partial charge in [-0.1, -0.05) is 37.5 Å². The molecule has 1 N–H and O–H groups in total. The van der Waals surface area contributed by atoms with Gasteiger partial charge in [0.25, 0.3) is 0 Å². The monoisotopic (exact) mass is 386 g/mol. The third kappa shape index (κ3) is 4.01. The van der Waals surface area contributed by atoms with E-state index in [4.69, 9.17) is 14.7 Å². The van der Waals surface area contributed by atoms with E-state index >= 15 is 0 Å². The molecule has 3 heterocycles. The number of nitrogens with one attached hydrogen (secondary N) is 1. The van der Waals surface area contributed by atoms with Gasteiger partial charge in [-0.2, -0.15) is 0 Å². The van der Waals surface area contributed by atoms with E-state index in [0.29, 0.717) is 24.8 Å². The maximum Gasteiger partial charge on any atom is 0.165 e. The highest BCUT2D eigenvalue weighted by molar-refractivity contribution is 5.89. The highest BCUT2D eigenvalue weighted by Gasteiger charge is 2.16. The Hall–Kier alpha value is -2.79. The fourth-order valence-electron chi connectivity index (χ4n) is 4.34. The zero-order valence-electron chi connectivity index (χ0n) is 16.6. The van der Waals surface area contributed by atoms with Crippen molar-refractivity contribution in [3.8, 4) is 0 Å². The number of pyridine rings is 1. The van der Waals surface area contributed by atoms with Gasteiger partial charge in [0.1, 0.15) is 5.82 Å². The van der Waals surface area contributed by atoms with E-state index in [1.165, 1.54) is 37.7 Å². The van der Waals surface area contributed by atoms with Gasteiger partial charge < -0.3 is 10.1 Å². The number of ether oxygens (including phenoxy) is 1. The van der Waals surface area contributed by atoms with Crippen LogP contribution in [0.1, 0.15) is 55.8 Å². The van der Waals surface area contributed by atoms with E-state index in [1.807, 2.05) is 12.1 Å². The molecule has 5 rings (SSSR count). The number of hydrogen-bond acceptors (Lipinski definition) is 5. The van der Waals surface area contributed by atoms with Crippen molar-refractivity contribution >= 4 is 28.1 Å². The number of hydrogen-bond donors (Lipinski definition) is 1. The van der Waals surface area contributed by atoms with Crippen LogP contribution in [0.15, 0.2) is 48.7 Å². The molecule has 0 spiro atoms. The van der Waals surface area contributed by atoms with Crippen molar-refractivity contribution in [2.45, 2.75) is 44.4 Å². The van der Waals surface area contributed by atoms with Crippen molar-refractivity contribution in [3.05, 3.63) is 60.1 Å². The van der Waals surface area contributed by atoms with E-state index in [9.17, 15) is 0 Å². The molecule has 1 saturated carbocycles. The number of rotatable bonds is 4. The van der Waals surface area contributed by atoms with E-state index < -0.39 is 0 Å². The van der Waals surface area contributed by atoms with Gasteiger partial charge in [0, 0.05) is 11.9 Å². The van der Waals surface area contributed by atoms with Gasteiger partial charge in [-0.05, 0) is 60.6 Å². The Balaban J connectivity index is 1.45. The smallest absolute Gasteiger partial charge is 0.165 e.